The van der Waals surface area contributed by atoms with Crippen LogP contribution in [0.25, 0.3) is 11.1 Å². The lowest BCUT2D eigenvalue weighted by atomic mass is 10.1. The van der Waals surface area contributed by atoms with Crippen LogP contribution in [0.3, 0.4) is 0 Å². The van der Waals surface area contributed by atoms with Crippen molar-refractivity contribution >= 4 is 5.91 Å². The van der Waals surface area contributed by atoms with E-state index in [0.29, 0.717) is 19.8 Å². The van der Waals surface area contributed by atoms with Crippen molar-refractivity contribution < 1.29 is 14.3 Å². The quantitative estimate of drug-likeness (QED) is 0.825. The van der Waals surface area contributed by atoms with Gasteiger partial charge in [0.15, 0.2) is 0 Å². The van der Waals surface area contributed by atoms with Gasteiger partial charge in [0.25, 0.3) is 0 Å². The van der Waals surface area contributed by atoms with Gasteiger partial charge in [-0.2, -0.15) is 5.10 Å². The second kappa shape index (κ2) is 7.28. The summed E-state index contributed by atoms with van der Waals surface area (Å²) in [5.41, 5.74) is 2.10. The van der Waals surface area contributed by atoms with Crippen LogP contribution in [0.15, 0.2) is 36.7 Å². The predicted molar refractivity (Wildman–Crippen MR) is 86.1 cm³/mol. The highest BCUT2D eigenvalue weighted by atomic mass is 16.5. The molecule has 23 heavy (non-hydrogen) atoms. The fourth-order valence-electron chi connectivity index (χ4n) is 2.58. The number of carbonyl (C=O) groups excluding carboxylic acids is 1. The van der Waals surface area contributed by atoms with E-state index in [0.717, 1.165) is 29.7 Å². The van der Waals surface area contributed by atoms with Gasteiger partial charge in [-0.3, -0.25) is 9.48 Å². The first-order chi connectivity index (χ1) is 11.2. The van der Waals surface area contributed by atoms with Crippen LogP contribution >= 0.6 is 0 Å². The van der Waals surface area contributed by atoms with Gasteiger partial charge in [0.1, 0.15) is 18.5 Å². The molecule has 2 aromatic rings. The fourth-order valence-corrected chi connectivity index (χ4v) is 2.58. The van der Waals surface area contributed by atoms with E-state index in [1.165, 1.54) is 0 Å². The lowest BCUT2D eigenvalue weighted by molar-refractivity contribution is -0.130. The second-order valence-electron chi connectivity index (χ2n) is 5.57. The second-order valence-corrected chi connectivity index (χ2v) is 5.57. The summed E-state index contributed by atoms with van der Waals surface area (Å²) < 4.78 is 12.8. The highest BCUT2D eigenvalue weighted by molar-refractivity contribution is 5.80. The number of aryl methyl sites for hydroxylation is 1. The van der Waals surface area contributed by atoms with Gasteiger partial charge >= 0.3 is 0 Å². The number of carbonyl (C=O) groups is 1. The molecule has 1 N–H and O–H groups in total. The van der Waals surface area contributed by atoms with Gasteiger partial charge in [-0.15, -0.1) is 0 Å². The van der Waals surface area contributed by atoms with Gasteiger partial charge < -0.3 is 14.8 Å². The van der Waals surface area contributed by atoms with Crippen LogP contribution in [-0.2, 0) is 16.6 Å². The van der Waals surface area contributed by atoms with Crippen molar-refractivity contribution in [3.05, 3.63) is 36.7 Å². The maximum Gasteiger partial charge on any atom is 0.249 e. The zero-order chi connectivity index (χ0) is 16.1. The first kappa shape index (κ1) is 15.6. The molecule has 0 aliphatic carbocycles. The number of amides is 1. The topological polar surface area (TPSA) is 65.4 Å². The monoisotopic (exact) mass is 315 g/mol. The Hall–Kier alpha value is -2.34. The number of aromatic nitrogens is 2. The Morgan fingerprint density at radius 2 is 2.39 bits per heavy atom. The zero-order valence-corrected chi connectivity index (χ0v) is 13.2. The number of rotatable bonds is 6. The molecular weight excluding hydrogens is 294 g/mol. The molecule has 1 fully saturated rings. The molecule has 0 spiro atoms. The molecule has 6 heteroatoms. The molecule has 1 amide bonds. The van der Waals surface area contributed by atoms with Crippen LogP contribution in [0.2, 0.25) is 0 Å². The first-order valence-electron chi connectivity index (χ1n) is 7.83. The average Bonchev–Trinajstić information content (AvgIpc) is 3.23. The first-order valence-corrected chi connectivity index (χ1v) is 7.83. The van der Waals surface area contributed by atoms with Gasteiger partial charge in [0, 0.05) is 25.4 Å². The summed E-state index contributed by atoms with van der Waals surface area (Å²) >= 11 is 0. The van der Waals surface area contributed by atoms with Gasteiger partial charge in [-0.1, -0.05) is 12.1 Å². The summed E-state index contributed by atoms with van der Waals surface area (Å²) in [6, 6.07) is 7.84. The van der Waals surface area contributed by atoms with Crippen molar-refractivity contribution in [3.63, 3.8) is 0 Å². The lowest BCUT2D eigenvalue weighted by Crippen LogP contribution is -2.36. The van der Waals surface area contributed by atoms with E-state index >= 15 is 0 Å². The Balaban J connectivity index is 1.48. The molecule has 0 saturated carbocycles. The molecule has 1 saturated heterocycles. The Bertz CT molecular complexity index is 663. The molecule has 3 rings (SSSR count). The minimum Gasteiger partial charge on any atom is -0.492 e. The Kier molecular flexibility index (Phi) is 4.92. The van der Waals surface area contributed by atoms with Crippen molar-refractivity contribution in [1.82, 2.24) is 15.1 Å². The smallest absolute Gasteiger partial charge is 0.249 e. The number of benzene rings is 1. The molecule has 0 bridgehead atoms. The number of hydrogen-bond acceptors (Lipinski definition) is 4. The number of hydrogen-bond donors (Lipinski definition) is 1. The highest BCUT2D eigenvalue weighted by Gasteiger charge is 2.22. The van der Waals surface area contributed by atoms with Crippen molar-refractivity contribution in [2.45, 2.75) is 18.9 Å². The Morgan fingerprint density at radius 1 is 1.48 bits per heavy atom. The van der Waals surface area contributed by atoms with E-state index in [9.17, 15) is 4.79 Å². The summed E-state index contributed by atoms with van der Waals surface area (Å²) in [4.78, 5) is 11.8. The van der Waals surface area contributed by atoms with Gasteiger partial charge in [0.05, 0.1) is 12.7 Å². The standard InChI is InChI=1S/C17H21N3O3/c1-20-12-14(11-19-20)13-4-2-5-15(10-13)22-9-7-18-17(21)16-6-3-8-23-16/h2,4-5,10-12,16H,3,6-9H2,1H3,(H,18,21). The van der Waals surface area contributed by atoms with Gasteiger partial charge in [-0.25, -0.2) is 0 Å². The minimum atomic E-state index is -0.288. The van der Waals surface area contributed by atoms with Gasteiger partial charge in [-0.05, 0) is 30.5 Å². The molecule has 6 nitrogen and oxygen atoms in total. The van der Waals surface area contributed by atoms with Crippen LogP contribution in [-0.4, -0.2) is 41.6 Å². The normalized spacial score (nSPS) is 17.2. The van der Waals surface area contributed by atoms with Crippen LogP contribution < -0.4 is 10.1 Å². The summed E-state index contributed by atoms with van der Waals surface area (Å²) in [5.74, 6) is 0.730. The summed E-state index contributed by atoms with van der Waals surface area (Å²) in [7, 11) is 1.89. The molecule has 122 valence electrons. The maximum atomic E-state index is 11.8. The van der Waals surface area contributed by atoms with E-state index < -0.39 is 0 Å². The summed E-state index contributed by atoms with van der Waals surface area (Å²) in [6.45, 7) is 1.57. The SMILES string of the molecule is Cn1cc(-c2cccc(OCCNC(=O)C3CCCO3)c2)cn1. The highest BCUT2D eigenvalue weighted by Crippen LogP contribution is 2.23. The van der Waals surface area contributed by atoms with Crippen LogP contribution in [0.1, 0.15) is 12.8 Å². The van der Waals surface area contributed by atoms with Crippen molar-refractivity contribution in [2.24, 2.45) is 7.05 Å². The van der Waals surface area contributed by atoms with Crippen molar-refractivity contribution in [2.75, 3.05) is 19.8 Å². The van der Waals surface area contributed by atoms with Crippen molar-refractivity contribution in [3.8, 4) is 16.9 Å². The lowest BCUT2D eigenvalue weighted by Gasteiger charge is -2.11. The third-order valence-electron chi connectivity index (χ3n) is 3.76. The van der Waals surface area contributed by atoms with Crippen LogP contribution in [0, 0.1) is 0 Å². The number of nitrogens with zero attached hydrogens (tertiary/aromatic N) is 2. The van der Waals surface area contributed by atoms with Crippen LogP contribution in [0.4, 0.5) is 0 Å². The largest absolute Gasteiger partial charge is 0.492 e. The molecule has 1 aliphatic heterocycles. The Labute approximate surface area is 135 Å². The maximum absolute atomic E-state index is 11.8. The molecule has 2 heterocycles. The van der Waals surface area contributed by atoms with E-state index in [1.807, 2.05) is 43.7 Å². The average molecular weight is 315 g/mol. The predicted octanol–water partition coefficient (Wildman–Crippen LogP) is 1.76. The molecule has 1 atom stereocenters. The Morgan fingerprint density at radius 3 is 3.13 bits per heavy atom. The van der Waals surface area contributed by atoms with Gasteiger partial charge in [0.2, 0.25) is 5.91 Å². The fraction of sp³-hybridized carbons (Fsp3) is 0.412. The molecule has 1 aromatic heterocycles. The summed E-state index contributed by atoms with van der Waals surface area (Å²) in [6.07, 6.45) is 5.25. The zero-order valence-electron chi connectivity index (χ0n) is 13.2. The molecule has 1 aliphatic rings. The van der Waals surface area contributed by atoms with Crippen molar-refractivity contribution in [1.29, 1.82) is 0 Å². The minimum absolute atomic E-state index is 0.0461. The number of ether oxygens (including phenoxy) is 2. The summed E-state index contributed by atoms with van der Waals surface area (Å²) in [5, 5.41) is 7.01. The molecule has 1 unspecified atom stereocenters. The number of nitrogens with one attached hydrogen (secondary N) is 1. The molecular formula is C17H21N3O3. The third-order valence-corrected chi connectivity index (χ3v) is 3.76. The molecule has 1 aromatic carbocycles. The van der Waals surface area contributed by atoms with Crippen LogP contribution in [0.5, 0.6) is 5.75 Å². The molecule has 0 radical (unpaired) electrons. The van der Waals surface area contributed by atoms with E-state index in [-0.39, 0.29) is 12.0 Å². The van der Waals surface area contributed by atoms with E-state index in [2.05, 4.69) is 10.4 Å². The third kappa shape index (κ3) is 4.10. The van der Waals surface area contributed by atoms with E-state index in [1.54, 1.807) is 4.68 Å². The van der Waals surface area contributed by atoms with E-state index in [4.69, 9.17) is 9.47 Å².